The third-order valence-corrected chi connectivity index (χ3v) is 4.67. The van der Waals surface area contributed by atoms with Crippen molar-refractivity contribution in [2.75, 3.05) is 18.5 Å². The molecule has 27 heavy (non-hydrogen) atoms. The van der Waals surface area contributed by atoms with Crippen LogP contribution in [0.4, 0.5) is 14.6 Å². The largest absolute Gasteiger partial charge is 0.394 e. The van der Waals surface area contributed by atoms with Gasteiger partial charge in [-0.25, -0.2) is 18.6 Å². The molecule has 1 aliphatic heterocycles. The first-order valence-electron chi connectivity index (χ1n) is 8.94. The number of hydrogen-bond acceptors (Lipinski definition) is 7. The van der Waals surface area contributed by atoms with Gasteiger partial charge in [0.05, 0.1) is 6.61 Å². The van der Waals surface area contributed by atoms with Crippen molar-refractivity contribution in [3.63, 3.8) is 0 Å². The lowest BCUT2D eigenvalue weighted by molar-refractivity contribution is -0.113. The highest BCUT2D eigenvalue weighted by atomic mass is 19.3. The minimum atomic E-state index is -3.66. The summed E-state index contributed by atoms with van der Waals surface area (Å²) in [4.78, 5) is 28.0. The van der Waals surface area contributed by atoms with Crippen molar-refractivity contribution in [2.45, 2.75) is 56.8 Å². The third-order valence-electron chi connectivity index (χ3n) is 4.67. The Balaban J connectivity index is 2.24. The molecule has 0 saturated carbocycles. The fraction of sp³-hybridized carbons (Fsp3) is 0.706. The van der Waals surface area contributed by atoms with E-state index in [0.29, 0.717) is 19.4 Å². The standard InChI is InChI=1S/C17H25F2N3O5/c1-2-4-10(5-3-6-23)7-20-15-11(8-21-16(26)22-15)14-17(18,19)13(25)12(9-24)27-14/h6,8,10,12-14,24-25H,2-5,7,9H2,1H3,(H2,20,21,22,26)/t10?,12-,13-,14+/m1/s1. The number of aromatic nitrogens is 2. The number of nitrogens with zero attached hydrogens (tertiary/aromatic N) is 1. The molecule has 4 N–H and O–H groups in total. The molecule has 1 saturated heterocycles. The number of hydrogen-bond donors (Lipinski definition) is 4. The maximum atomic E-state index is 14.4. The van der Waals surface area contributed by atoms with Crippen LogP contribution in [0.5, 0.6) is 0 Å². The summed E-state index contributed by atoms with van der Waals surface area (Å²) in [5.41, 5.74) is -0.831. The zero-order valence-electron chi connectivity index (χ0n) is 15.0. The second-order valence-electron chi connectivity index (χ2n) is 6.65. The maximum Gasteiger partial charge on any atom is 0.346 e. The minimum absolute atomic E-state index is 0.0256. The zero-order chi connectivity index (χ0) is 20.0. The first kappa shape index (κ1) is 21.4. The molecule has 10 heteroatoms. The van der Waals surface area contributed by atoms with Gasteiger partial charge in [-0.2, -0.15) is 0 Å². The molecular weight excluding hydrogens is 364 g/mol. The number of carbonyl (C=O) groups excluding carboxylic acids is 1. The molecule has 1 fully saturated rings. The molecule has 4 atom stereocenters. The van der Waals surface area contributed by atoms with E-state index in [1.165, 1.54) is 0 Å². The number of carbonyl (C=O) groups is 1. The molecule has 1 aromatic rings. The van der Waals surface area contributed by atoms with Crippen LogP contribution in [0, 0.1) is 5.92 Å². The molecule has 1 unspecified atom stereocenters. The fourth-order valence-corrected chi connectivity index (χ4v) is 3.22. The molecule has 1 aromatic heterocycles. The van der Waals surface area contributed by atoms with E-state index in [2.05, 4.69) is 15.3 Å². The van der Waals surface area contributed by atoms with E-state index in [1.807, 2.05) is 6.92 Å². The molecule has 0 aromatic carbocycles. The second kappa shape index (κ2) is 9.34. The number of rotatable bonds is 10. The predicted octanol–water partition coefficient (Wildman–Crippen LogP) is 1.01. The van der Waals surface area contributed by atoms with Gasteiger partial charge in [0.25, 0.3) is 0 Å². The SMILES string of the molecule is CCCC(CCC=O)CNc1[nH]c(=O)ncc1[C@@H]1O[C@H](CO)[C@@H](O)C1(F)F. The summed E-state index contributed by atoms with van der Waals surface area (Å²) >= 11 is 0. The van der Waals surface area contributed by atoms with Gasteiger partial charge < -0.3 is 25.1 Å². The van der Waals surface area contributed by atoms with Crippen molar-refractivity contribution < 1.29 is 28.5 Å². The Morgan fingerprint density at radius 3 is 2.81 bits per heavy atom. The van der Waals surface area contributed by atoms with Crippen LogP contribution in [0.25, 0.3) is 0 Å². The fourth-order valence-electron chi connectivity index (χ4n) is 3.22. The number of aliphatic hydroxyl groups is 2. The second-order valence-corrected chi connectivity index (χ2v) is 6.65. The van der Waals surface area contributed by atoms with Gasteiger partial charge in [-0.3, -0.25) is 4.98 Å². The summed E-state index contributed by atoms with van der Waals surface area (Å²) in [6.07, 6.45) is -0.935. The summed E-state index contributed by atoms with van der Waals surface area (Å²) in [6, 6.07) is 0. The van der Waals surface area contributed by atoms with E-state index in [-0.39, 0.29) is 17.3 Å². The van der Waals surface area contributed by atoms with Gasteiger partial charge in [-0.05, 0) is 18.8 Å². The molecule has 0 radical (unpaired) electrons. The average molecular weight is 389 g/mol. The molecule has 0 spiro atoms. The van der Waals surface area contributed by atoms with Gasteiger partial charge in [0, 0.05) is 24.7 Å². The lowest BCUT2D eigenvalue weighted by Crippen LogP contribution is -2.38. The average Bonchev–Trinajstić information content (AvgIpc) is 2.87. The van der Waals surface area contributed by atoms with Crippen molar-refractivity contribution in [1.29, 1.82) is 0 Å². The number of nitrogens with one attached hydrogen (secondary N) is 2. The Hall–Kier alpha value is -1.91. The van der Waals surface area contributed by atoms with Crippen LogP contribution in [0.1, 0.15) is 44.3 Å². The van der Waals surface area contributed by atoms with Crippen LogP contribution in [0.15, 0.2) is 11.0 Å². The number of aldehydes is 1. The Labute approximate surface area is 155 Å². The zero-order valence-corrected chi connectivity index (χ0v) is 15.0. The van der Waals surface area contributed by atoms with Crippen molar-refractivity contribution >= 4 is 12.1 Å². The molecule has 2 rings (SSSR count). The van der Waals surface area contributed by atoms with Gasteiger partial charge in [-0.1, -0.05) is 13.3 Å². The number of halogens is 2. The van der Waals surface area contributed by atoms with Crippen LogP contribution in [-0.4, -0.2) is 57.7 Å². The van der Waals surface area contributed by atoms with E-state index in [4.69, 9.17) is 9.84 Å². The third kappa shape index (κ3) is 4.88. The predicted molar refractivity (Wildman–Crippen MR) is 92.7 cm³/mol. The van der Waals surface area contributed by atoms with E-state index in [1.54, 1.807) is 0 Å². The summed E-state index contributed by atoms with van der Waals surface area (Å²) < 4.78 is 34.0. The molecule has 0 amide bonds. The topological polar surface area (TPSA) is 125 Å². The van der Waals surface area contributed by atoms with Gasteiger partial charge in [-0.15, -0.1) is 0 Å². The van der Waals surface area contributed by atoms with E-state index in [0.717, 1.165) is 25.3 Å². The minimum Gasteiger partial charge on any atom is -0.394 e. The monoisotopic (exact) mass is 389 g/mol. The number of anilines is 1. The Kier molecular flexibility index (Phi) is 7.40. The molecule has 152 valence electrons. The van der Waals surface area contributed by atoms with Gasteiger partial charge in [0.15, 0.2) is 6.10 Å². The van der Waals surface area contributed by atoms with Crippen molar-refractivity contribution in [3.05, 3.63) is 22.2 Å². The quantitative estimate of drug-likeness (QED) is 0.440. The van der Waals surface area contributed by atoms with Crippen molar-refractivity contribution in [3.8, 4) is 0 Å². The number of ether oxygens (including phenoxy) is 1. The van der Waals surface area contributed by atoms with Crippen LogP contribution in [-0.2, 0) is 9.53 Å². The lowest BCUT2D eigenvalue weighted by atomic mass is 9.97. The Morgan fingerprint density at radius 2 is 2.22 bits per heavy atom. The maximum absolute atomic E-state index is 14.4. The number of H-pyrrole nitrogens is 1. The summed E-state index contributed by atoms with van der Waals surface area (Å²) in [5, 5.41) is 21.8. The smallest absolute Gasteiger partial charge is 0.346 e. The molecule has 2 heterocycles. The van der Waals surface area contributed by atoms with Crippen molar-refractivity contribution in [1.82, 2.24) is 9.97 Å². The van der Waals surface area contributed by atoms with Crippen LogP contribution in [0.2, 0.25) is 0 Å². The number of aromatic amines is 1. The van der Waals surface area contributed by atoms with Crippen LogP contribution >= 0.6 is 0 Å². The molecule has 1 aliphatic rings. The Bertz CT molecular complexity index is 685. The highest BCUT2D eigenvalue weighted by molar-refractivity contribution is 5.49. The molecule has 0 aliphatic carbocycles. The van der Waals surface area contributed by atoms with Gasteiger partial charge in [0.1, 0.15) is 24.3 Å². The van der Waals surface area contributed by atoms with Gasteiger partial charge >= 0.3 is 11.6 Å². The first-order chi connectivity index (χ1) is 12.8. The summed E-state index contributed by atoms with van der Waals surface area (Å²) in [7, 11) is 0. The highest BCUT2D eigenvalue weighted by Crippen LogP contribution is 2.46. The van der Waals surface area contributed by atoms with E-state index in [9.17, 15) is 23.5 Å². The van der Waals surface area contributed by atoms with Crippen molar-refractivity contribution in [2.24, 2.45) is 5.92 Å². The Morgan fingerprint density at radius 1 is 1.48 bits per heavy atom. The summed E-state index contributed by atoms with van der Waals surface area (Å²) in [6.45, 7) is 1.59. The van der Waals surface area contributed by atoms with E-state index >= 15 is 0 Å². The first-order valence-corrected chi connectivity index (χ1v) is 8.94. The molecular formula is C17H25F2N3O5. The normalized spacial score (nSPS) is 25.3. The number of aliphatic hydroxyl groups excluding tert-OH is 2. The highest BCUT2D eigenvalue weighted by Gasteiger charge is 2.59. The van der Waals surface area contributed by atoms with Crippen LogP contribution in [0.3, 0.4) is 0 Å². The molecule has 0 bridgehead atoms. The van der Waals surface area contributed by atoms with Gasteiger partial charge in [0.2, 0.25) is 0 Å². The molecule has 8 nitrogen and oxygen atoms in total. The number of alkyl halides is 2. The summed E-state index contributed by atoms with van der Waals surface area (Å²) in [5.74, 6) is -3.52. The lowest BCUT2D eigenvalue weighted by Gasteiger charge is -2.23. The van der Waals surface area contributed by atoms with Crippen LogP contribution < -0.4 is 11.0 Å². The van der Waals surface area contributed by atoms with E-state index < -0.39 is 36.5 Å².